The molecule has 1 saturated heterocycles. The predicted molar refractivity (Wildman–Crippen MR) is 89.8 cm³/mol. The van der Waals surface area contributed by atoms with Crippen LogP contribution < -0.4 is 10.1 Å². The van der Waals surface area contributed by atoms with Crippen LogP contribution in [-0.4, -0.2) is 55.2 Å². The molecule has 146 valence electrons. The fraction of sp³-hybridized carbons (Fsp3) is 0.533. The van der Waals surface area contributed by atoms with Crippen LogP contribution in [0.1, 0.15) is 16.8 Å². The van der Waals surface area contributed by atoms with E-state index in [1.807, 2.05) is 0 Å². The van der Waals surface area contributed by atoms with Crippen LogP contribution in [0, 0.1) is 16.0 Å². The maximum absolute atomic E-state index is 12.6. The minimum Gasteiger partial charge on any atom is -0.484 e. The van der Waals surface area contributed by atoms with E-state index in [4.69, 9.17) is 0 Å². The molecule has 0 saturated carbocycles. The van der Waals surface area contributed by atoms with Gasteiger partial charge in [0.05, 0.1) is 4.92 Å². The largest absolute Gasteiger partial charge is 0.484 e. The van der Waals surface area contributed by atoms with E-state index < -0.39 is 29.3 Å². The molecule has 0 aromatic heterocycles. The van der Waals surface area contributed by atoms with Gasteiger partial charge in [-0.25, -0.2) is 0 Å². The molecule has 1 aliphatic heterocycles. The number of nitro groups is 1. The molecule has 1 heterocycles. The Bertz CT molecular complexity index is 658. The van der Waals surface area contributed by atoms with Crippen LogP contribution >= 0.6 is 12.4 Å². The average molecular weight is 398 g/mol. The van der Waals surface area contributed by atoms with Crippen LogP contribution in [0.4, 0.5) is 18.9 Å². The molecule has 0 spiro atoms. The summed E-state index contributed by atoms with van der Waals surface area (Å²) in [5.74, 6) is -0.585. The summed E-state index contributed by atoms with van der Waals surface area (Å²) in [6, 6.07) is 3.03. The highest BCUT2D eigenvalue weighted by Gasteiger charge is 2.32. The van der Waals surface area contributed by atoms with Crippen LogP contribution in [0.3, 0.4) is 0 Å². The van der Waals surface area contributed by atoms with Crippen molar-refractivity contribution in [1.82, 2.24) is 10.2 Å². The average Bonchev–Trinajstić information content (AvgIpc) is 3.00. The van der Waals surface area contributed by atoms with Gasteiger partial charge in [-0.15, -0.1) is 12.4 Å². The van der Waals surface area contributed by atoms with E-state index in [9.17, 15) is 28.1 Å². The lowest BCUT2D eigenvalue weighted by Gasteiger charge is -2.17. The summed E-state index contributed by atoms with van der Waals surface area (Å²) in [5.41, 5.74) is -0.726. The van der Waals surface area contributed by atoms with Crippen LogP contribution in [-0.2, 0) is 0 Å². The van der Waals surface area contributed by atoms with Gasteiger partial charge in [-0.05, 0) is 38.1 Å². The molecule has 1 aliphatic rings. The van der Waals surface area contributed by atoms with E-state index in [2.05, 4.69) is 10.1 Å². The summed E-state index contributed by atoms with van der Waals surface area (Å²) >= 11 is 0. The maximum Gasteiger partial charge on any atom is 0.422 e. The first-order valence-corrected chi connectivity index (χ1v) is 7.63. The van der Waals surface area contributed by atoms with E-state index in [1.165, 1.54) is 4.90 Å². The third-order valence-corrected chi connectivity index (χ3v) is 3.86. The summed E-state index contributed by atoms with van der Waals surface area (Å²) in [7, 11) is 1.79. The van der Waals surface area contributed by atoms with Crippen molar-refractivity contribution in [3.8, 4) is 5.75 Å². The molecule has 1 amide bonds. The van der Waals surface area contributed by atoms with Gasteiger partial charge in [0.1, 0.15) is 11.3 Å². The van der Waals surface area contributed by atoms with Crippen molar-refractivity contribution in [2.75, 3.05) is 33.3 Å². The molecule has 0 aliphatic carbocycles. The predicted octanol–water partition coefficient (Wildman–Crippen LogP) is 2.64. The quantitative estimate of drug-likeness (QED) is 0.589. The number of benzene rings is 1. The Labute approximate surface area is 154 Å². The molecular weight excluding hydrogens is 379 g/mol. The first-order chi connectivity index (χ1) is 11.7. The van der Waals surface area contributed by atoms with Crippen LogP contribution in [0.2, 0.25) is 0 Å². The van der Waals surface area contributed by atoms with Crippen molar-refractivity contribution < 1.29 is 27.6 Å². The zero-order chi connectivity index (χ0) is 18.6. The number of carbonyl (C=O) groups excluding carboxylic acids is 1. The van der Waals surface area contributed by atoms with E-state index in [-0.39, 0.29) is 29.6 Å². The maximum atomic E-state index is 12.6. The second kappa shape index (κ2) is 9.04. The standard InChI is InChI=1S/C15H18F3N3O4.ClH/c1-19-7-10-4-5-20(8-10)14(22)12-6-11(25-9-15(16,17)18)2-3-13(12)21(23)24;/h2-3,6,10,19H,4-5,7-9H2,1H3;1H. The van der Waals surface area contributed by atoms with Gasteiger partial charge in [0.2, 0.25) is 0 Å². The summed E-state index contributed by atoms with van der Waals surface area (Å²) < 4.78 is 41.4. The van der Waals surface area contributed by atoms with E-state index in [1.54, 1.807) is 7.05 Å². The van der Waals surface area contributed by atoms with E-state index >= 15 is 0 Å². The molecule has 0 bridgehead atoms. The van der Waals surface area contributed by atoms with Gasteiger partial charge in [-0.1, -0.05) is 0 Å². The number of carbonyl (C=O) groups is 1. The van der Waals surface area contributed by atoms with Crippen molar-refractivity contribution in [1.29, 1.82) is 0 Å². The Balaban J connectivity index is 0.00000338. The lowest BCUT2D eigenvalue weighted by molar-refractivity contribution is -0.385. The monoisotopic (exact) mass is 397 g/mol. The number of hydrogen-bond acceptors (Lipinski definition) is 5. The van der Waals surface area contributed by atoms with Gasteiger partial charge in [0, 0.05) is 19.2 Å². The van der Waals surface area contributed by atoms with Gasteiger partial charge >= 0.3 is 6.18 Å². The summed E-state index contributed by atoms with van der Waals surface area (Å²) in [5, 5.41) is 14.1. The molecule has 11 heteroatoms. The van der Waals surface area contributed by atoms with Crippen molar-refractivity contribution in [2.24, 2.45) is 5.92 Å². The Morgan fingerprint density at radius 3 is 2.73 bits per heavy atom. The number of halogens is 4. The van der Waals surface area contributed by atoms with E-state index in [0.29, 0.717) is 19.6 Å². The fourth-order valence-electron chi connectivity index (χ4n) is 2.74. The molecular formula is C15H19ClF3N3O4. The minimum atomic E-state index is -4.54. The number of rotatable bonds is 6. The highest BCUT2D eigenvalue weighted by atomic mass is 35.5. The molecule has 2 rings (SSSR count). The Kier molecular flexibility index (Phi) is 7.64. The minimum absolute atomic E-state index is 0. The number of ether oxygens (including phenoxy) is 1. The van der Waals surface area contributed by atoms with Gasteiger partial charge in [0.25, 0.3) is 11.6 Å². The van der Waals surface area contributed by atoms with Crippen molar-refractivity contribution >= 4 is 24.0 Å². The Morgan fingerprint density at radius 1 is 1.46 bits per heavy atom. The van der Waals surface area contributed by atoms with Gasteiger partial charge in [-0.2, -0.15) is 13.2 Å². The van der Waals surface area contributed by atoms with Gasteiger partial charge in [-0.3, -0.25) is 14.9 Å². The first-order valence-electron chi connectivity index (χ1n) is 7.63. The van der Waals surface area contributed by atoms with Crippen molar-refractivity contribution in [2.45, 2.75) is 12.6 Å². The first kappa shape index (κ1) is 22.0. The summed E-state index contributed by atoms with van der Waals surface area (Å²) in [6.45, 7) is 0.0490. The molecule has 1 atom stereocenters. The third kappa shape index (κ3) is 5.73. The number of likely N-dealkylation sites (tertiary alicyclic amines) is 1. The number of nitrogens with zero attached hydrogens (tertiary/aromatic N) is 2. The molecule has 7 nitrogen and oxygen atoms in total. The number of nitro benzene ring substituents is 1. The fourth-order valence-corrected chi connectivity index (χ4v) is 2.74. The molecule has 1 fully saturated rings. The normalized spacial score (nSPS) is 16.9. The smallest absolute Gasteiger partial charge is 0.422 e. The Hall–Kier alpha value is -2.07. The van der Waals surface area contributed by atoms with Crippen LogP contribution in [0.5, 0.6) is 5.75 Å². The SMILES string of the molecule is CNCC1CCN(C(=O)c2cc(OCC(F)(F)F)ccc2[N+](=O)[O-])C1.Cl. The molecule has 26 heavy (non-hydrogen) atoms. The van der Waals surface area contributed by atoms with E-state index in [0.717, 1.165) is 24.6 Å². The zero-order valence-corrected chi connectivity index (χ0v) is 14.7. The second-order valence-electron chi connectivity index (χ2n) is 5.80. The van der Waals surface area contributed by atoms with Gasteiger partial charge < -0.3 is 15.0 Å². The lowest BCUT2D eigenvalue weighted by Crippen LogP contribution is -2.30. The van der Waals surface area contributed by atoms with Crippen LogP contribution in [0.15, 0.2) is 18.2 Å². The topological polar surface area (TPSA) is 84.7 Å². The second-order valence-corrected chi connectivity index (χ2v) is 5.80. The molecule has 1 aromatic rings. The lowest BCUT2D eigenvalue weighted by atomic mass is 10.1. The highest BCUT2D eigenvalue weighted by molar-refractivity contribution is 5.98. The molecule has 1 N–H and O–H groups in total. The molecule has 0 radical (unpaired) electrons. The number of alkyl halides is 3. The van der Waals surface area contributed by atoms with Crippen molar-refractivity contribution in [3.05, 3.63) is 33.9 Å². The summed E-state index contributed by atoms with van der Waals surface area (Å²) in [6.07, 6.45) is -3.79. The number of nitrogens with one attached hydrogen (secondary N) is 1. The van der Waals surface area contributed by atoms with Gasteiger partial charge in [0.15, 0.2) is 6.61 Å². The molecule has 1 unspecified atom stereocenters. The van der Waals surface area contributed by atoms with Crippen LogP contribution in [0.25, 0.3) is 0 Å². The zero-order valence-electron chi connectivity index (χ0n) is 13.9. The Morgan fingerprint density at radius 2 is 2.15 bits per heavy atom. The highest BCUT2D eigenvalue weighted by Crippen LogP contribution is 2.28. The third-order valence-electron chi connectivity index (χ3n) is 3.86. The number of amides is 1. The van der Waals surface area contributed by atoms with Crippen molar-refractivity contribution in [3.63, 3.8) is 0 Å². The summed E-state index contributed by atoms with van der Waals surface area (Å²) in [4.78, 5) is 24.5. The molecule has 1 aromatic carbocycles. The number of hydrogen-bond donors (Lipinski definition) is 1.